The zero-order valence-electron chi connectivity index (χ0n) is 10.8. The van der Waals surface area contributed by atoms with E-state index in [0.29, 0.717) is 24.5 Å². The van der Waals surface area contributed by atoms with E-state index in [0.717, 1.165) is 6.42 Å². The zero-order valence-corrected chi connectivity index (χ0v) is 10.8. The van der Waals surface area contributed by atoms with E-state index in [1.54, 1.807) is 29.2 Å². The van der Waals surface area contributed by atoms with Crippen LogP contribution in [0.2, 0.25) is 0 Å². The lowest BCUT2D eigenvalue weighted by molar-refractivity contribution is -0.114. The van der Waals surface area contributed by atoms with Crippen LogP contribution in [0, 0.1) is 0 Å². The number of benzene rings is 1. The summed E-state index contributed by atoms with van der Waals surface area (Å²) in [6, 6.07) is 6.74. The minimum atomic E-state index is -0.409. The van der Waals surface area contributed by atoms with Crippen molar-refractivity contribution in [3.05, 3.63) is 24.3 Å². The average molecular weight is 263 g/mol. The largest absolute Gasteiger partial charge is 0.415 e. The van der Waals surface area contributed by atoms with Gasteiger partial charge >= 0.3 is 6.09 Å². The molecule has 0 bridgehead atoms. The summed E-state index contributed by atoms with van der Waals surface area (Å²) >= 11 is 0. The van der Waals surface area contributed by atoms with Gasteiger partial charge in [0.2, 0.25) is 5.91 Å². The number of carbonyl (C=O) groups is 2. The minimum absolute atomic E-state index is 0.0262. The number of nitrogens with zero attached hydrogens (tertiary/aromatic N) is 1. The van der Waals surface area contributed by atoms with Gasteiger partial charge in [-0.2, -0.15) is 0 Å². The standard InChI is InChI=1S/C13H17N3O3/c1-9(17)15-11-3-2-4-12(7-11)19-13(18)16-6-5-10(14)8-16/h2-4,7,10H,5-6,8,14H2,1H3,(H,15,17)/t10-/m1/s1. The fraction of sp³-hybridized carbons (Fsp3) is 0.385. The van der Waals surface area contributed by atoms with Crippen LogP contribution in [0.5, 0.6) is 5.75 Å². The van der Waals surface area contributed by atoms with Crippen molar-refractivity contribution in [2.45, 2.75) is 19.4 Å². The van der Waals surface area contributed by atoms with Gasteiger partial charge in [0.15, 0.2) is 0 Å². The van der Waals surface area contributed by atoms with Gasteiger partial charge in [-0.05, 0) is 18.6 Å². The molecular formula is C13H17N3O3. The number of hydrogen-bond acceptors (Lipinski definition) is 4. The van der Waals surface area contributed by atoms with Crippen molar-refractivity contribution in [2.75, 3.05) is 18.4 Å². The first kappa shape index (κ1) is 13.4. The molecule has 1 atom stereocenters. The summed E-state index contributed by atoms with van der Waals surface area (Å²) in [5, 5.41) is 2.63. The summed E-state index contributed by atoms with van der Waals surface area (Å²) in [7, 11) is 0. The Kier molecular flexibility index (Phi) is 4.01. The second kappa shape index (κ2) is 5.71. The molecule has 6 nitrogen and oxygen atoms in total. The van der Waals surface area contributed by atoms with Crippen LogP contribution in [-0.2, 0) is 4.79 Å². The molecule has 2 rings (SSSR count). The Hall–Kier alpha value is -2.08. The fourth-order valence-electron chi connectivity index (χ4n) is 1.96. The molecule has 0 aromatic heterocycles. The van der Waals surface area contributed by atoms with Crippen LogP contribution in [0.1, 0.15) is 13.3 Å². The van der Waals surface area contributed by atoms with E-state index in [4.69, 9.17) is 10.5 Å². The van der Waals surface area contributed by atoms with Gasteiger partial charge in [0.1, 0.15) is 5.75 Å². The summed E-state index contributed by atoms with van der Waals surface area (Å²) in [4.78, 5) is 24.4. The van der Waals surface area contributed by atoms with Crippen molar-refractivity contribution in [3.8, 4) is 5.75 Å². The molecule has 1 aromatic carbocycles. The molecule has 0 aliphatic carbocycles. The normalized spacial score (nSPS) is 18.2. The van der Waals surface area contributed by atoms with Gasteiger partial charge in [-0.1, -0.05) is 6.07 Å². The SMILES string of the molecule is CC(=O)Nc1cccc(OC(=O)N2CC[C@@H](N)C2)c1. The number of anilines is 1. The maximum absolute atomic E-state index is 11.9. The van der Waals surface area contributed by atoms with E-state index in [-0.39, 0.29) is 11.9 Å². The average Bonchev–Trinajstić information content (AvgIpc) is 2.75. The van der Waals surface area contributed by atoms with Crippen LogP contribution >= 0.6 is 0 Å². The van der Waals surface area contributed by atoms with Gasteiger partial charge in [0.05, 0.1) is 0 Å². The maximum Gasteiger partial charge on any atom is 0.415 e. The highest BCUT2D eigenvalue weighted by Crippen LogP contribution is 2.19. The van der Waals surface area contributed by atoms with Crippen LogP contribution < -0.4 is 15.8 Å². The minimum Gasteiger partial charge on any atom is -0.410 e. The molecule has 1 saturated heterocycles. The van der Waals surface area contributed by atoms with Crippen LogP contribution in [0.4, 0.5) is 10.5 Å². The number of amides is 2. The molecular weight excluding hydrogens is 246 g/mol. The molecule has 1 aromatic rings. The van der Waals surface area contributed by atoms with Crippen molar-refractivity contribution in [3.63, 3.8) is 0 Å². The first-order valence-electron chi connectivity index (χ1n) is 6.14. The summed E-state index contributed by atoms with van der Waals surface area (Å²) in [6.45, 7) is 2.56. The third-order valence-corrected chi connectivity index (χ3v) is 2.84. The molecule has 19 heavy (non-hydrogen) atoms. The van der Waals surface area contributed by atoms with Gasteiger partial charge in [0.25, 0.3) is 0 Å². The second-order valence-corrected chi connectivity index (χ2v) is 4.57. The number of rotatable bonds is 2. The van der Waals surface area contributed by atoms with Crippen molar-refractivity contribution < 1.29 is 14.3 Å². The summed E-state index contributed by atoms with van der Waals surface area (Å²) in [5.41, 5.74) is 6.33. The maximum atomic E-state index is 11.9. The molecule has 2 amide bonds. The smallest absolute Gasteiger partial charge is 0.410 e. The molecule has 0 spiro atoms. The third kappa shape index (κ3) is 3.69. The predicted molar refractivity (Wildman–Crippen MR) is 70.9 cm³/mol. The van der Waals surface area contributed by atoms with Gasteiger partial charge in [-0.15, -0.1) is 0 Å². The molecule has 1 heterocycles. The highest BCUT2D eigenvalue weighted by Gasteiger charge is 2.25. The van der Waals surface area contributed by atoms with E-state index in [1.165, 1.54) is 6.92 Å². The molecule has 6 heteroatoms. The lowest BCUT2D eigenvalue weighted by atomic mass is 10.3. The van der Waals surface area contributed by atoms with Gasteiger partial charge in [-0.25, -0.2) is 4.79 Å². The lowest BCUT2D eigenvalue weighted by Gasteiger charge is -2.15. The monoisotopic (exact) mass is 263 g/mol. The van der Waals surface area contributed by atoms with Crippen LogP contribution in [-0.4, -0.2) is 36.0 Å². The molecule has 1 fully saturated rings. The zero-order chi connectivity index (χ0) is 13.8. The van der Waals surface area contributed by atoms with Crippen molar-refractivity contribution >= 4 is 17.7 Å². The molecule has 0 radical (unpaired) electrons. The Morgan fingerprint density at radius 3 is 2.89 bits per heavy atom. The van der Waals surface area contributed by atoms with Gasteiger partial charge < -0.3 is 20.7 Å². The topological polar surface area (TPSA) is 84.7 Å². The van der Waals surface area contributed by atoms with Crippen molar-refractivity contribution in [1.82, 2.24) is 4.90 Å². The van der Waals surface area contributed by atoms with E-state index < -0.39 is 6.09 Å². The van der Waals surface area contributed by atoms with Crippen LogP contribution in [0.15, 0.2) is 24.3 Å². The van der Waals surface area contributed by atoms with Gasteiger partial charge in [0, 0.05) is 37.8 Å². The highest BCUT2D eigenvalue weighted by molar-refractivity contribution is 5.88. The number of carbonyl (C=O) groups excluding carboxylic acids is 2. The quantitative estimate of drug-likeness (QED) is 0.839. The van der Waals surface area contributed by atoms with Crippen molar-refractivity contribution in [2.24, 2.45) is 5.73 Å². The number of nitrogens with two attached hydrogens (primary N) is 1. The lowest BCUT2D eigenvalue weighted by Crippen LogP contribution is -2.33. The van der Waals surface area contributed by atoms with Crippen molar-refractivity contribution in [1.29, 1.82) is 0 Å². The van der Waals surface area contributed by atoms with Gasteiger partial charge in [-0.3, -0.25) is 4.79 Å². The molecule has 102 valence electrons. The Morgan fingerprint density at radius 1 is 1.47 bits per heavy atom. The molecule has 0 unspecified atom stereocenters. The first-order valence-corrected chi connectivity index (χ1v) is 6.14. The van der Waals surface area contributed by atoms with E-state index in [2.05, 4.69) is 5.32 Å². The van der Waals surface area contributed by atoms with Crippen LogP contribution in [0.25, 0.3) is 0 Å². The fourth-order valence-corrected chi connectivity index (χ4v) is 1.96. The Morgan fingerprint density at radius 2 is 2.26 bits per heavy atom. The van der Waals surface area contributed by atoms with E-state index in [1.807, 2.05) is 0 Å². The first-order chi connectivity index (χ1) is 9.04. The molecule has 3 N–H and O–H groups in total. The van der Waals surface area contributed by atoms with Crippen LogP contribution in [0.3, 0.4) is 0 Å². The van der Waals surface area contributed by atoms with E-state index >= 15 is 0 Å². The Bertz CT molecular complexity index is 490. The second-order valence-electron chi connectivity index (χ2n) is 4.57. The predicted octanol–water partition coefficient (Wildman–Crippen LogP) is 1.18. The Labute approximate surface area is 111 Å². The highest BCUT2D eigenvalue weighted by atomic mass is 16.6. The van der Waals surface area contributed by atoms with E-state index in [9.17, 15) is 9.59 Å². The molecule has 0 saturated carbocycles. The molecule has 1 aliphatic heterocycles. The number of hydrogen-bond donors (Lipinski definition) is 2. The Balaban J connectivity index is 1.98. The summed E-state index contributed by atoms with van der Waals surface area (Å²) in [6.07, 6.45) is 0.383. The molecule has 1 aliphatic rings. The number of nitrogens with one attached hydrogen (secondary N) is 1. The third-order valence-electron chi connectivity index (χ3n) is 2.84. The summed E-state index contributed by atoms with van der Waals surface area (Å²) < 4.78 is 5.25. The number of likely N-dealkylation sites (tertiary alicyclic amines) is 1. The summed E-state index contributed by atoms with van der Waals surface area (Å²) in [5.74, 6) is 0.228. The number of ether oxygens (including phenoxy) is 1.